The standard InChI is InChI=1S/C48H49F3N8O7S.CH2O2/c49-33-13-18-58(26-33)67(65,66)55-39-8-7-38(50)42(43(39)51)44(61)37-24-53-45-36(37)22-31(23-52-45)28-1-4-34(5-2-28)57-19-14-48(64,15-20-57)27-56-16-11-29(12-17-56)30-3-6-35-32(21-30)25-59(47(35)63)40-9-10-41(60)54-46(40)62;2-1-3/h1-8,21-24,29,33,40,55,64H,9-20,25-27H2,(H,52,53)(H,54,60,62);1H,(H,2,3)/t33-,40?;/m1./s1. The highest BCUT2D eigenvalue weighted by atomic mass is 32.2. The molecule has 21 heteroatoms. The first-order valence-corrected chi connectivity index (χ1v) is 24.6. The number of fused-ring (bicyclic) bond motifs is 2. The fourth-order valence-corrected chi connectivity index (χ4v) is 11.6. The first-order chi connectivity index (χ1) is 33.5. The summed E-state index contributed by atoms with van der Waals surface area (Å²) in [5.74, 6) is -4.19. The predicted molar refractivity (Wildman–Crippen MR) is 251 cm³/mol. The molecular weight excluding hydrogens is 934 g/mol. The fraction of sp³-hybridized carbons (Fsp3) is 0.388. The molecule has 3 aromatic carbocycles. The molecule has 4 saturated heterocycles. The zero-order valence-corrected chi connectivity index (χ0v) is 38.7. The molecule has 0 bridgehead atoms. The lowest BCUT2D eigenvalue weighted by molar-refractivity contribution is -0.137. The number of piperidine rings is 3. The molecule has 4 fully saturated rings. The number of nitrogens with one attached hydrogen (secondary N) is 3. The molecule has 2 atom stereocenters. The van der Waals surface area contributed by atoms with Crippen LogP contribution in [0.15, 0.2) is 73.1 Å². The smallest absolute Gasteiger partial charge is 0.301 e. The molecule has 3 amide bonds. The Balaban J connectivity index is 0.00000198. The van der Waals surface area contributed by atoms with Gasteiger partial charge in [0, 0.05) is 85.8 Å². The van der Waals surface area contributed by atoms with Gasteiger partial charge in [0.1, 0.15) is 23.7 Å². The van der Waals surface area contributed by atoms with Crippen molar-refractivity contribution in [3.8, 4) is 11.1 Å². The van der Waals surface area contributed by atoms with Crippen molar-refractivity contribution in [1.82, 2.24) is 29.4 Å². The summed E-state index contributed by atoms with van der Waals surface area (Å²) in [5, 5.41) is 21.3. The van der Waals surface area contributed by atoms with Gasteiger partial charge in [-0.25, -0.2) is 18.2 Å². The summed E-state index contributed by atoms with van der Waals surface area (Å²) in [4.78, 5) is 72.9. The number of carboxylic acid groups (broad SMARTS) is 1. The molecule has 368 valence electrons. The first kappa shape index (κ1) is 48.3. The second kappa shape index (κ2) is 19.6. The van der Waals surface area contributed by atoms with Gasteiger partial charge in [-0.3, -0.25) is 34.0 Å². The van der Waals surface area contributed by atoms with Gasteiger partial charge < -0.3 is 29.9 Å². The van der Waals surface area contributed by atoms with Crippen molar-refractivity contribution in [2.75, 3.05) is 55.4 Å². The molecule has 0 aliphatic carbocycles. The Bertz CT molecular complexity index is 2980. The number of alkyl halides is 1. The summed E-state index contributed by atoms with van der Waals surface area (Å²) in [7, 11) is -4.37. The van der Waals surface area contributed by atoms with E-state index in [0.29, 0.717) is 73.5 Å². The Morgan fingerprint density at radius 3 is 2.34 bits per heavy atom. The molecule has 17 nitrogen and oxygen atoms in total. The predicted octanol–water partition coefficient (Wildman–Crippen LogP) is 5.11. The summed E-state index contributed by atoms with van der Waals surface area (Å²) in [6.45, 7) is 3.17. The maximum absolute atomic E-state index is 15.8. The number of likely N-dealkylation sites (tertiary alicyclic amines) is 1. The third-order valence-corrected chi connectivity index (χ3v) is 15.6. The van der Waals surface area contributed by atoms with Crippen molar-refractivity contribution < 1.29 is 55.8 Å². The Hall–Kier alpha value is -6.68. The molecule has 5 aliphatic rings. The molecule has 2 aromatic heterocycles. The number of carbonyl (C=O) groups excluding carboxylic acids is 4. The van der Waals surface area contributed by atoms with Crippen LogP contribution in [-0.2, 0) is 31.1 Å². The molecule has 7 heterocycles. The molecule has 70 heavy (non-hydrogen) atoms. The zero-order chi connectivity index (χ0) is 49.5. The topological polar surface area (TPSA) is 226 Å². The molecule has 10 rings (SSSR count). The molecule has 0 radical (unpaired) electrons. The van der Waals surface area contributed by atoms with Crippen LogP contribution < -0.4 is 14.9 Å². The van der Waals surface area contributed by atoms with Crippen LogP contribution in [0.4, 0.5) is 24.5 Å². The van der Waals surface area contributed by atoms with E-state index in [2.05, 4.69) is 31.2 Å². The minimum absolute atomic E-state index is 0.00444. The number of β-amino-alcohol motifs (C(OH)–C–C–N with tert-alkyl or cyclic N) is 1. The van der Waals surface area contributed by atoms with E-state index in [1.54, 1.807) is 17.2 Å². The van der Waals surface area contributed by atoms with Crippen LogP contribution in [-0.4, -0.2) is 136 Å². The third kappa shape index (κ3) is 9.74. The number of anilines is 2. The molecule has 0 spiro atoms. The van der Waals surface area contributed by atoms with E-state index in [9.17, 15) is 37.1 Å². The first-order valence-electron chi connectivity index (χ1n) is 23.1. The highest BCUT2D eigenvalue weighted by Crippen LogP contribution is 2.36. The number of hydrogen-bond donors (Lipinski definition) is 5. The Morgan fingerprint density at radius 1 is 0.929 bits per heavy atom. The SMILES string of the molecule is O=C1CCC(N2Cc3cc(C4CCN(CC5(O)CCN(c6ccc(-c7cnc8[nH]cc(C(=O)c9c(F)ccc(NS(=O)(=O)N%10CC[C@@H](F)C%10)c9F)c8c7)cc6)CC5)CC4)ccc3C2=O)C(=O)N1.O=CO. The summed E-state index contributed by atoms with van der Waals surface area (Å²) in [6.07, 6.45) is 5.13. The van der Waals surface area contributed by atoms with E-state index < -0.39 is 69.1 Å². The van der Waals surface area contributed by atoms with Crippen LogP contribution in [0.5, 0.6) is 0 Å². The van der Waals surface area contributed by atoms with E-state index in [0.717, 1.165) is 59.2 Å². The summed E-state index contributed by atoms with van der Waals surface area (Å²) >= 11 is 0. The van der Waals surface area contributed by atoms with E-state index in [-0.39, 0.29) is 43.2 Å². The van der Waals surface area contributed by atoms with Gasteiger partial charge in [0.25, 0.3) is 12.4 Å². The van der Waals surface area contributed by atoms with Crippen molar-refractivity contribution >= 4 is 62.6 Å². The van der Waals surface area contributed by atoms with Gasteiger partial charge in [-0.05, 0) is 111 Å². The van der Waals surface area contributed by atoms with Gasteiger partial charge in [0.2, 0.25) is 17.6 Å². The zero-order valence-electron chi connectivity index (χ0n) is 37.9. The number of aromatic nitrogens is 2. The number of halogens is 3. The van der Waals surface area contributed by atoms with Crippen molar-refractivity contribution in [3.63, 3.8) is 0 Å². The summed E-state index contributed by atoms with van der Waals surface area (Å²) in [6, 6.07) is 16.5. The number of rotatable bonds is 11. The maximum Gasteiger partial charge on any atom is 0.301 e. The van der Waals surface area contributed by atoms with E-state index in [1.165, 1.54) is 11.8 Å². The number of imide groups is 1. The monoisotopic (exact) mass is 984 g/mol. The fourth-order valence-electron chi connectivity index (χ4n) is 10.3. The normalized spacial score (nSPS) is 21.1. The minimum atomic E-state index is -4.37. The van der Waals surface area contributed by atoms with Crippen LogP contribution in [0.25, 0.3) is 22.2 Å². The quantitative estimate of drug-likeness (QED) is 0.0662. The molecule has 1 unspecified atom stereocenters. The number of amides is 3. The molecule has 5 aliphatic heterocycles. The number of carbonyl (C=O) groups is 5. The Kier molecular flexibility index (Phi) is 13.5. The van der Waals surface area contributed by atoms with E-state index in [4.69, 9.17) is 9.90 Å². The average molecular weight is 985 g/mol. The van der Waals surface area contributed by atoms with Crippen molar-refractivity contribution in [3.05, 3.63) is 113 Å². The van der Waals surface area contributed by atoms with Crippen LogP contribution in [0.2, 0.25) is 0 Å². The lowest BCUT2D eigenvalue weighted by Gasteiger charge is -2.43. The van der Waals surface area contributed by atoms with Gasteiger partial charge in [-0.1, -0.05) is 24.3 Å². The number of nitrogens with zero attached hydrogens (tertiary/aromatic N) is 5. The highest BCUT2D eigenvalue weighted by molar-refractivity contribution is 7.90. The van der Waals surface area contributed by atoms with Crippen LogP contribution >= 0.6 is 0 Å². The summed E-state index contributed by atoms with van der Waals surface area (Å²) in [5.41, 5.74) is 2.91. The largest absolute Gasteiger partial charge is 0.483 e. The van der Waals surface area contributed by atoms with E-state index in [1.807, 2.05) is 41.1 Å². The number of H-pyrrole nitrogens is 1. The number of aliphatic hydroxyl groups is 1. The Labute approximate surface area is 400 Å². The van der Waals surface area contributed by atoms with Crippen molar-refractivity contribution in [2.24, 2.45) is 0 Å². The van der Waals surface area contributed by atoms with E-state index >= 15 is 8.78 Å². The minimum Gasteiger partial charge on any atom is -0.483 e. The Morgan fingerprint density at radius 2 is 1.66 bits per heavy atom. The van der Waals surface area contributed by atoms with Crippen LogP contribution in [0.1, 0.15) is 88.3 Å². The van der Waals surface area contributed by atoms with Crippen molar-refractivity contribution in [2.45, 2.75) is 75.2 Å². The van der Waals surface area contributed by atoms with Crippen LogP contribution in [0, 0.1) is 11.6 Å². The lowest BCUT2D eigenvalue weighted by Crippen LogP contribution is -2.52. The number of benzene rings is 3. The number of hydrogen-bond acceptors (Lipinski definition) is 11. The van der Waals surface area contributed by atoms with Crippen LogP contribution in [0.3, 0.4) is 0 Å². The van der Waals surface area contributed by atoms with Gasteiger partial charge in [-0.2, -0.15) is 12.7 Å². The number of aromatic amines is 1. The van der Waals surface area contributed by atoms with Gasteiger partial charge in [0.15, 0.2) is 5.82 Å². The molecular formula is C49H51F3N8O9S. The van der Waals surface area contributed by atoms with Gasteiger partial charge in [-0.15, -0.1) is 0 Å². The molecule has 5 aromatic rings. The molecule has 0 saturated carbocycles. The van der Waals surface area contributed by atoms with Gasteiger partial charge >= 0.3 is 10.2 Å². The average Bonchev–Trinajstić information content (AvgIpc) is 4.07. The second-order valence-corrected chi connectivity index (χ2v) is 20.2. The summed E-state index contributed by atoms with van der Waals surface area (Å²) < 4.78 is 73.1. The van der Waals surface area contributed by atoms with Gasteiger partial charge in [0.05, 0.1) is 16.9 Å². The molecule has 5 N–H and O–H groups in total. The lowest BCUT2D eigenvalue weighted by atomic mass is 9.86. The van der Waals surface area contributed by atoms with Crippen molar-refractivity contribution in [1.29, 1.82) is 0 Å². The third-order valence-electron chi connectivity index (χ3n) is 14.2. The second-order valence-electron chi connectivity index (χ2n) is 18.5. The highest BCUT2D eigenvalue weighted by Gasteiger charge is 2.40. The maximum atomic E-state index is 15.8. The number of pyridine rings is 1. The number of ketones is 1.